The van der Waals surface area contributed by atoms with Crippen LogP contribution in [0.1, 0.15) is 53.0 Å². The minimum atomic E-state index is 0. The zero-order valence-corrected chi connectivity index (χ0v) is 15.5. The van der Waals surface area contributed by atoms with Crippen molar-refractivity contribution in [3.8, 4) is 5.75 Å². The van der Waals surface area contributed by atoms with Crippen LogP contribution in [0.2, 0.25) is 0 Å². The van der Waals surface area contributed by atoms with Crippen LogP contribution in [-0.4, -0.2) is 30.6 Å². The molecule has 0 saturated carbocycles. The molecule has 1 aromatic rings. The van der Waals surface area contributed by atoms with E-state index in [1.807, 2.05) is 12.1 Å². The quantitative estimate of drug-likeness (QED) is 0.459. The lowest BCUT2D eigenvalue weighted by atomic mass is 10.2. The van der Waals surface area contributed by atoms with Crippen LogP contribution in [0.4, 0.5) is 0 Å². The van der Waals surface area contributed by atoms with Gasteiger partial charge in [-0.3, -0.25) is 0 Å². The summed E-state index contributed by atoms with van der Waals surface area (Å²) in [7, 11) is 0. The lowest BCUT2D eigenvalue weighted by Crippen LogP contribution is -3.00. The Bertz CT molecular complexity index is 357. The highest BCUT2D eigenvalue weighted by atomic mass is 127. The summed E-state index contributed by atoms with van der Waals surface area (Å²) in [4.78, 5) is 2.55. The summed E-state index contributed by atoms with van der Waals surface area (Å²) in [5.41, 5.74) is 1.26. The highest BCUT2D eigenvalue weighted by Crippen LogP contribution is 2.13. The Morgan fingerprint density at radius 1 is 1.19 bits per heavy atom. The molecule has 0 aromatic heterocycles. The number of unbranched alkanes of at least 4 members (excludes halogenated alkanes) is 1. The molecule has 0 aliphatic carbocycles. The standard InChI is InChI=1S/C17H29NO.CH4.HI/c1-5-16(4)18(6-2)12-7-8-13-19-17-11-9-10-15(3)14-17;;/h9-11,14,16H,5-8,12-13H2,1-4H3;1H4;1H/p-1. The van der Waals surface area contributed by atoms with E-state index in [1.54, 1.807) is 0 Å². The summed E-state index contributed by atoms with van der Waals surface area (Å²) in [6.45, 7) is 12.1. The molecule has 21 heavy (non-hydrogen) atoms. The van der Waals surface area contributed by atoms with Gasteiger partial charge in [0.05, 0.1) is 6.61 Å². The number of nitrogens with zero attached hydrogens (tertiary/aromatic N) is 1. The molecular weight excluding hydrogens is 373 g/mol. The largest absolute Gasteiger partial charge is 1.00 e. The molecule has 0 amide bonds. The van der Waals surface area contributed by atoms with Crippen LogP contribution in [-0.2, 0) is 0 Å². The normalized spacial score (nSPS) is 11.5. The maximum atomic E-state index is 5.77. The van der Waals surface area contributed by atoms with Crippen LogP contribution < -0.4 is 28.7 Å². The molecule has 0 fully saturated rings. The topological polar surface area (TPSA) is 12.5 Å². The zero-order valence-electron chi connectivity index (χ0n) is 13.4. The first kappa shape index (κ1) is 23.0. The predicted molar refractivity (Wildman–Crippen MR) is 89.6 cm³/mol. The first-order valence-electron chi connectivity index (χ1n) is 7.60. The molecule has 0 aliphatic rings. The van der Waals surface area contributed by atoms with Crippen LogP contribution in [0.5, 0.6) is 5.75 Å². The Balaban J connectivity index is 0. The molecule has 1 atom stereocenters. The fraction of sp³-hybridized carbons (Fsp3) is 0.667. The van der Waals surface area contributed by atoms with Gasteiger partial charge in [0.1, 0.15) is 5.75 Å². The summed E-state index contributed by atoms with van der Waals surface area (Å²) >= 11 is 0. The minimum Gasteiger partial charge on any atom is -1.00 e. The van der Waals surface area contributed by atoms with Crippen molar-refractivity contribution in [1.82, 2.24) is 4.90 Å². The van der Waals surface area contributed by atoms with Crippen LogP contribution in [0, 0.1) is 6.92 Å². The molecule has 3 heteroatoms. The van der Waals surface area contributed by atoms with Gasteiger partial charge in [0.15, 0.2) is 0 Å². The van der Waals surface area contributed by atoms with Crippen molar-refractivity contribution in [2.45, 2.75) is 60.4 Å². The highest BCUT2D eigenvalue weighted by molar-refractivity contribution is 5.27. The van der Waals surface area contributed by atoms with Gasteiger partial charge in [-0.05, 0) is 63.9 Å². The van der Waals surface area contributed by atoms with Gasteiger partial charge < -0.3 is 33.6 Å². The molecule has 0 aliphatic heterocycles. The van der Waals surface area contributed by atoms with Crippen LogP contribution >= 0.6 is 0 Å². The number of hydrogen-bond donors (Lipinski definition) is 0. The smallest absolute Gasteiger partial charge is 0.119 e. The van der Waals surface area contributed by atoms with Gasteiger partial charge in [-0.15, -0.1) is 0 Å². The third kappa shape index (κ3) is 9.35. The number of hydrogen-bond acceptors (Lipinski definition) is 2. The molecule has 0 bridgehead atoms. The fourth-order valence-electron chi connectivity index (χ4n) is 2.26. The van der Waals surface area contributed by atoms with Gasteiger partial charge in [0, 0.05) is 6.04 Å². The molecule has 1 aromatic carbocycles. The van der Waals surface area contributed by atoms with E-state index < -0.39 is 0 Å². The fourth-order valence-corrected chi connectivity index (χ4v) is 2.26. The van der Waals surface area contributed by atoms with Gasteiger partial charge >= 0.3 is 0 Å². The van der Waals surface area contributed by atoms with Gasteiger partial charge in [-0.2, -0.15) is 0 Å². The maximum absolute atomic E-state index is 5.77. The van der Waals surface area contributed by atoms with Crippen molar-refractivity contribution in [3.05, 3.63) is 29.8 Å². The van der Waals surface area contributed by atoms with Crippen molar-refractivity contribution in [1.29, 1.82) is 0 Å². The van der Waals surface area contributed by atoms with Crippen LogP contribution in [0.25, 0.3) is 0 Å². The predicted octanol–water partition coefficient (Wildman–Crippen LogP) is 1.91. The van der Waals surface area contributed by atoms with E-state index in [1.165, 1.54) is 24.9 Å². The van der Waals surface area contributed by atoms with Crippen molar-refractivity contribution < 1.29 is 28.7 Å². The molecule has 1 rings (SSSR count). The number of rotatable bonds is 9. The zero-order chi connectivity index (χ0) is 14.1. The molecule has 0 spiro atoms. The van der Waals surface area contributed by atoms with E-state index in [4.69, 9.17) is 4.74 Å². The van der Waals surface area contributed by atoms with E-state index in [2.05, 4.69) is 44.7 Å². The van der Waals surface area contributed by atoms with Crippen LogP contribution in [0.3, 0.4) is 0 Å². The second-order valence-electron chi connectivity index (χ2n) is 5.26. The summed E-state index contributed by atoms with van der Waals surface area (Å²) in [5, 5.41) is 0. The van der Waals surface area contributed by atoms with E-state index in [-0.39, 0.29) is 31.4 Å². The monoisotopic (exact) mass is 406 g/mol. The Labute approximate surface area is 149 Å². The summed E-state index contributed by atoms with van der Waals surface area (Å²) in [5.74, 6) is 0.995. The molecule has 1 unspecified atom stereocenters. The molecular formula is C18H33INO-. The lowest BCUT2D eigenvalue weighted by Gasteiger charge is -2.26. The second kappa shape index (κ2) is 13.4. The SMILES string of the molecule is C.CCC(C)N(CC)CCCCOc1cccc(C)c1.[I-]. The molecule has 0 saturated heterocycles. The Hall–Kier alpha value is -0.290. The van der Waals surface area contributed by atoms with E-state index in [0.717, 1.165) is 25.3 Å². The van der Waals surface area contributed by atoms with Gasteiger partial charge in [-0.1, -0.05) is 33.4 Å². The summed E-state index contributed by atoms with van der Waals surface area (Å²) in [6, 6.07) is 8.97. The number of benzene rings is 1. The molecule has 2 nitrogen and oxygen atoms in total. The third-order valence-corrected chi connectivity index (χ3v) is 3.72. The Morgan fingerprint density at radius 3 is 2.48 bits per heavy atom. The molecule has 0 N–H and O–H groups in total. The summed E-state index contributed by atoms with van der Waals surface area (Å²) in [6.07, 6.45) is 3.57. The van der Waals surface area contributed by atoms with Crippen LogP contribution in [0.15, 0.2) is 24.3 Å². The van der Waals surface area contributed by atoms with Gasteiger partial charge in [-0.25, -0.2) is 0 Å². The molecule has 124 valence electrons. The number of aryl methyl sites for hydroxylation is 1. The number of halogens is 1. The second-order valence-corrected chi connectivity index (χ2v) is 5.26. The van der Waals surface area contributed by atoms with Crippen molar-refractivity contribution in [2.24, 2.45) is 0 Å². The molecule has 0 radical (unpaired) electrons. The first-order chi connectivity index (χ1) is 9.17. The van der Waals surface area contributed by atoms with Gasteiger partial charge in [0.2, 0.25) is 0 Å². The average Bonchev–Trinajstić information content (AvgIpc) is 2.42. The first-order valence-corrected chi connectivity index (χ1v) is 7.60. The Morgan fingerprint density at radius 2 is 1.90 bits per heavy atom. The summed E-state index contributed by atoms with van der Waals surface area (Å²) < 4.78 is 5.77. The van der Waals surface area contributed by atoms with Crippen molar-refractivity contribution in [3.63, 3.8) is 0 Å². The van der Waals surface area contributed by atoms with E-state index in [9.17, 15) is 0 Å². The van der Waals surface area contributed by atoms with Gasteiger partial charge in [0.25, 0.3) is 0 Å². The average molecular weight is 406 g/mol. The van der Waals surface area contributed by atoms with E-state index >= 15 is 0 Å². The number of ether oxygens (including phenoxy) is 1. The minimum absolute atomic E-state index is 0. The van der Waals surface area contributed by atoms with Crippen molar-refractivity contribution >= 4 is 0 Å². The van der Waals surface area contributed by atoms with E-state index in [0.29, 0.717) is 6.04 Å². The lowest BCUT2D eigenvalue weighted by molar-refractivity contribution is -0.00000523. The molecule has 0 heterocycles. The maximum Gasteiger partial charge on any atom is 0.119 e. The Kier molecular flexibility index (Phi) is 14.6. The van der Waals surface area contributed by atoms with Crippen molar-refractivity contribution in [2.75, 3.05) is 19.7 Å². The third-order valence-electron chi connectivity index (χ3n) is 3.72. The highest BCUT2D eigenvalue weighted by Gasteiger charge is 2.08.